The van der Waals surface area contributed by atoms with Crippen LogP contribution in [0.25, 0.3) is 16.7 Å². The summed E-state index contributed by atoms with van der Waals surface area (Å²) in [6.45, 7) is 2.25. The summed E-state index contributed by atoms with van der Waals surface area (Å²) in [4.78, 5) is 46.1. The molecule has 0 saturated heterocycles. The van der Waals surface area contributed by atoms with Crippen molar-refractivity contribution in [2.45, 2.75) is 51.4 Å². The van der Waals surface area contributed by atoms with Crippen LogP contribution in [0.4, 0.5) is 13.2 Å². The molecule has 2 amide bonds. The fourth-order valence-electron chi connectivity index (χ4n) is 5.50. The smallest absolute Gasteiger partial charge is 0.354 e. The molecular weight excluding hydrogens is 573 g/mol. The van der Waals surface area contributed by atoms with Gasteiger partial charge in [0, 0.05) is 25.8 Å². The zero-order valence-electron chi connectivity index (χ0n) is 22.8. The van der Waals surface area contributed by atoms with Crippen molar-refractivity contribution in [2.75, 3.05) is 7.05 Å². The van der Waals surface area contributed by atoms with Gasteiger partial charge >= 0.3 is 11.9 Å². The molecular formula is C29H28ClF3N6O3. The third-order valence-corrected chi connectivity index (χ3v) is 7.82. The Kier molecular flexibility index (Phi) is 8.09. The minimum Gasteiger partial charge on any atom is -0.354 e. The van der Waals surface area contributed by atoms with Gasteiger partial charge < -0.3 is 10.6 Å². The summed E-state index contributed by atoms with van der Waals surface area (Å²) in [5.74, 6) is -1.08. The van der Waals surface area contributed by atoms with Gasteiger partial charge in [0.25, 0.3) is 11.8 Å². The van der Waals surface area contributed by atoms with Crippen LogP contribution in [0.15, 0.2) is 53.6 Å². The highest BCUT2D eigenvalue weighted by molar-refractivity contribution is 6.30. The van der Waals surface area contributed by atoms with Crippen LogP contribution >= 0.6 is 11.6 Å². The Morgan fingerprint density at radius 1 is 1.02 bits per heavy atom. The molecule has 42 heavy (non-hydrogen) atoms. The molecule has 3 aromatic heterocycles. The Hall–Kier alpha value is -4.19. The van der Waals surface area contributed by atoms with E-state index in [-0.39, 0.29) is 34.3 Å². The highest BCUT2D eigenvalue weighted by atomic mass is 35.5. The summed E-state index contributed by atoms with van der Waals surface area (Å²) in [5.41, 5.74) is 0.874. The summed E-state index contributed by atoms with van der Waals surface area (Å²) in [6, 6.07) is 9.72. The number of pyridine rings is 2. The first-order valence-corrected chi connectivity index (χ1v) is 13.8. The number of fused-ring (bicyclic) bond motifs is 1. The molecule has 0 spiro atoms. The first-order valence-electron chi connectivity index (χ1n) is 13.4. The first-order chi connectivity index (χ1) is 20.0. The largest absolute Gasteiger partial charge is 0.434 e. The molecule has 0 bridgehead atoms. The Bertz CT molecular complexity index is 1720. The minimum atomic E-state index is -4.79. The van der Waals surface area contributed by atoms with Crippen molar-refractivity contribution in [3.63, 3.8) is 0 Å². The molecule has 220 valence electrons. The molecule has 4 aromatic rings. The number of benzene rings is 1. The van der Waals surface area contributed by atoms with Crippen LogP contribution in [0.3, 0.4) is 0 Å². The van der Waals surface area contributed by atoms with Gasteiger partial charge in [-0.3, -0.25) is 18.7 Å². The van der Waals surface area contributed by atoms with Gasteiger partial charge in [-0.05, 0) is 68.4 Å². The van der Waals surface area contributed by atoms with E-state index in [1.54, 1.807) is 15.2 Å². The molecule has 9 nitrogen and oxygen atoms in total. The van der Waals surface area contributed by atoms with E-state index in [0.717, 1.165) is 17.8 Å². The lowest BCUT2D eigenvalue weighted by Crippen LogP contribution is -2.39. The average molecular weight is 601 g/mol. The van der Waals surface area contributed by atoms with Crippen molar-refractivity contribution >= 4 is 34.4 Å². The number of halogens is 4. The molecule has 3 heterocycles. The number of rotatable bonds is 6. The number of amides is 2. The van der Waals surface area contributed by atoms with Crippen molar-refractivity contribution in [2.24, 2.45) is 5.92 Å². The van der Waals surface area contributed by atoms with E-state index in [2.05, 4.69) is 20.6 Å². The minimum absolute atomic E-state index is 0.0603. The highest BCUT2D eigenvalue weighted by Gasteiger charge is 2.38. The Morgan fingerprint density at radius 2 is 1.71 bits per heavy atom. The van der Waals surface area contributed by atoms with Crippen molar-refractivity contribution < 1.29 is 22.8 Å². The van der Waals surface area contributed by atoms with Crippen LogP contribution in [-0.4, -0.2) is 44.0 Å². The highest BCUT2D eigenvalue weighted by Crippen LogP contribution is 2.32. The summed E-state index contributed by atoms with van der Waals surface area (Å²) in [5, 5.41) is 5.18. The van der Waals surface area contributed by atoms with E-state index < -0.39 is 23.3 Å². The number of para-hydroxylation sites is 2. The SMILES string of the molecule is CNC(=O)c1cc(C)c(-n2c(=O)n(CC3CCC(NC(=O)c4cc(Cl)cnc4C(F)(F)F)CC3)c3ccccc32)cn1. The molecule has 13 heteroatoms. The predicted octanol–water partition coefficient (Wildman–Crippen LogP) is 4.91. The Labute approximate surface area is 243 Å². The number of hydrogen-bond donors (Lipinski definition) is 2. The second-order valence-corrected chi connectivity index (χ2v) is 10.8. The fourth-order valence-corrected chi connectivity index (χ4v) is 5.66. The van der Waals surface area contributed by atoms with Gasteiger partial charge in [-0.15, -0.1) is 0 Å². The van der Waals surface area contributed by atoms with Gasteiger partial charge in [0.15, 0.2) is 5.69 Å². The van der Waals surface area contributed by atoms with Crippen molar-refractivity contribution in [1.82, 2.24) is 29.7 Å². The van der Waals surface area contributed by atoms with Crippen molar-refractivity contribution in [3.8, 4) is 5.69 Å². The third kappa shape index (κ3) is 5.76. The van der Waals surface area contributed by atoms with Gasteiger partial charge in [0.05, 0.1) is 33.5 Å². The van der Waals surface area contributed by atoms with Crippen LogP contribution in [0, 0.1) is 12.8 Å². The zero-order valence-corrected chi connectivity index (χ0v) is 23.6. The Balaban J connectivity index is 1.33. The second kappa shape index (κ2) is 11.6. The molecule has 1 aromatic carbocycles. The Morgan fingerprint density at radius 3 is 2.36 bits per heavy atom. The van der Waals surface area contributed by atoms with Crippen LogP contribution in [0.2, 0.25) is 5.02 Å². The monoisotopic (exact) mass is 600 g/mol. The normalized spacial score (nSPS) is 17.3. The molecule has 1 aliphatic carbocycles. The van der Waals surface area contributed by atoms with Gasteiger partial charge in [0.2, 0.25) is 0 Å². The van der Waals surface area contributed by atoms with Gasteiger partial charge in [-0.25, -0.2) is 14.8 Å². The number of carbonyl (C=O) groups is 2. The number of aromatic nitrogens is 4. The van der Waals surface area contributed by atoms with Crippen molar-refractivity contribution in [1.29, 1.82) is 0 Å². The van der Waals surface area contributed by atoms with E-state index in [4.69, 9.17) is 11.6 Å². The number of hydrogen-bond acceptors (Lipinski definition) is 5. The van der Waals surface area contributed by atoms with Crippen LogP contribution in [0.1, 0.15) is 57.8 Å². The molecule has 5 rings (SSSR count). The number of imidazole rings is 1. The molecule has 1 saturated carbocycles. The standard InChI is InChI=1S/C29H28ClF3N6O3/c1-16-11-21(27(41)34-2)35-14-24(16)39-23-6-4-3-5-22(23)38(28(39)42)15-17-7-9-19(10-8-17)37-26(40)20-12-18(30)13-36-25(20)29(31,32)33/h3-6,11-14,17,19H,7-10,15H2,1-2H3,(H,34,41)(H,37,40). The topological polar surface area (TPSA) is 111 Å². The quantitative estimate of drug-likeness (QED) is 0.327. The summed E-state index contributed by atoms with van der Waals surface area (Å²) >= 11 is 5.82. The van der Waals surface area contributed by atoms with Gasteiger partial charge in [-0.1, -0.05) is 23.7 Å². The van der Waals surface area contributed by atoms with Gasteiger partial charge in [-0.2, -0.15) is 13.2 Å². The lowest BCUT2D eigenvalue weighted by Gasteiger charge is -2.29. The maximum absolute atomic E-state index is 13.8. The predicted molar refractivity (Wildman–Crippen MR) is 151 cm³/mol. The van der Waals surface area contributed by atoms with Crippen molar-refractivity contribution in [3.05, 3.63) is 86.8 Å². The third-order valence-electron chi connectivity index (χ3n) is 7.61. The summed E-state index contributed by atoms with van der Waals surface area (Å²) < 4.78 is 43.5. The molecule has 0 aliphatic heterocycles. The first kappa shape index (κ1) is 29.3. The number of nitrogens with one attached hydrogen (secondary N) is 2. The van der Waals surface area contributed by atoms with Gasteiger partial charge in [0.1, 0.15) is 5.69 Å². The average Bonchev–Trinajstić information content (AvgIpc) is 3.23. The van der Waals surface area contributed by atoms with E-state index in [1.807, 2.05) is 31.2 Å². The fraction of sp³-hybridized carbons (Fsp3) is 0.345. The van der Waals surface area contributed by atoms with E-state index >= 15 is 0 Å². The van der Waals surface area contributed by atoms with Crippen LogP contribution < -0.4 is 16.3 Å². The van der Waals surface area contributed by atoms with E-state index in [1.165, 1.54) is 13.2 Å². The van der Waals surface area contributed by atoms with E-state index in [9.17, 15) is 27.6 Å². The zero-order chi connectivity index (χ0) is 30.2. The number of carbonyl (C=O) groups excluding carboxylic acids is 2. The molecule has 0 atom stereocenters. The van der Waals surface area contributed by atoms with Crippen LogP contribution in [0.5, 0.6) is 0 Å². The summed E-state index contributed by atoms with van der Waals surface area (Å²) in [7, 11) is 1.52. The molecule has 0 radical (unpaired) electrons. The second-order valence-electron chi connectivity index (χ2n) is 10.4. The molecule has 1 aliphatic rings. The molecule has 1 fully saturated rings. The summed E-state index contributed by atoms with van der Waals surface area (Å²) in [6.07, 6.45) is 0.0134. The number of alkyl halides is 3. The lowest BCUT2D eigenvalue weighted by atomic mass is 9.85. The maximum atomic E-state index is 13.8. The lowest BCUT2D eigenvalue weighted by molar-refractivity contribution is -0.141. The number of nitrogens with zero attached hydrogens (tertiary/aromatic N) is 4. The molecule has 2 N–H and O–H groups in total. The van der Waals surface area contributed by atoms with Crippen LogP contribution in [-0.2, 0) is 12.7 Å². The van der Waals surface area contributed by atoms with E-state index in [0.29, 0.717) is 49.0 Å². The maximum Gasteiger partial charge on any atom is 0.434 e. The molecule has 0 unspecified atom stereocenters. The number of aryl methyl sites for hydroxylation is 1.